The second-order valence-corrected chi connectivity index (χ2v) is 3.79. The lowest BCUT2D eigenvalue weighted by Gasteiger charge is -2.22. The zero-order chi connectivity index (χ0) is 10.8. The van der Waals surface area contributed by atoms with Gasteiger partial charge in [-0.05, 0) is 38.5 Å². The first-order valence-corrected chi connectivity index (χ1v) is 5.92. The van der Waals surface area contributed by atoms with Crippen LogP contribution in [0.2, 0.25) is 0 Å². The highest BCUT2D eigenvalue weighted by molar-refractivity contribution is 4.80. The maximum absolute atomic E-state index is 8.55. The summed E-state index contributed by atoms with van der Waals surface area (Å²) in [6, 6.07) is 0. The van der Waals surface area contributed by atoms with Crippen molar-refractivity contribution < 1.29 is 14.6 Å². The zero-order valence-corrected chi connectivity index (χ0v) is 9.36. The average Bonchev–Trinajstić information content (AvgIpc) is 2.29. The summed E-state index contributed by atoms with van der Waals surface area (Å²) >= 11 is 0. The van der Waals surface area contributed by atoms with Gasteiger partial charge in [-0.2, -0.15) is 0 Å². The van der Waals surface area contributed by atoms with Gasteiger partial charge in [0, 0.05) is 13.2 Å². The highest BCUT2D eigenvalue weighted by Crippen LogP contribution is 2.13. The van der Waals surface area contributed by atoms with Crippen molar-refractivity contribution in [3.63, 3.8) is 0 Å². The third-order valence-corrected chi connectivity index (χ3v) is 2.42. The van der Waals surface area contributed by atoms with E-state index in [1.165, 1.54) is 12.8 Å². The minimum Gasteiger partial charge on any atom is -0.396 e. The van der Waals surface area contributed by atoms with E-state index in [0.717, 1.165) is 38.9 Å². The Labute approximate surface area is 92.1 Å². The summed E-state index contributed by atoms with van der Waals surface area (Å²) in [6.07, 6.45) is 10.4. The number of rotatable bonds is 7. The number of aliphatic hydroxyl groups excluding tert-OH is 1. The molecule has 1 saturated heterocycles. The first-order valence-electron chi connectivity index (χ1n) is 5.92. The molecule has 3 heteroatoms. The molecule has 88 valence electrons. The van der Waals surface area contributed by atoms with Crippen molar-refractivity contribution in [3.05, 3.63) is 12.2 Å². The molecule has 1 heterocycles. The van der Waals surface area contributed by atoms with E-state index in [4.69, 9.17) is 14.6 Å². The number of aliphatic hydroxyl groups is 1. The van der Waals surface area contributed by atoms with E-state index >= 15 is 0 Å². The van der Waals surface area contributed by atoms with Crippen molar-refractivity contribution in [2.24, 2.45) is 0 Å². The van der Waals surface area contributed by atoms with Crippen molar-refractivity contribution >= 4 is 0 Å². The number of hydrogen-bond acceptors (Lipinski definition) is 3. The van der Waals surface area contributed by atoms with Gasteiger partial charge in [-0.25, -0.2) is 0 Å². The van der Waals surface area contributed by atoms with Crippen molar-refractivity contribution in [2.45, 2.75) is 44.8 Å². The summed E-state index contributed by atoms with van der Waals surface area (Å²) in [5.74, 6) is 0. The van der Waals surface area contributed by atoms with Crippen LogP contribution in [0.1, 0.15) is 38.5 Å². The van der Waals surface area contributed by atoms with Crippen LogP contribution < -0.4 is 0 Å². The standard InChI is InChI=1S/C12H22O3/c13-9-5-2-1-3-6-10-14-12-8-4-7-11-15-12/h1-2,12-13H,3-11H2/b2-1+/t12-/m1/s1. The van der Waals surface area contributed by atoms with Gasteiger partial charge < -0.3 is 14.6 Å². The lowest BCUT2D eigenvalue weighted by molar-refractivity contribution is -0.162. The van der Waals surface area contributed by atoms with Crippen molar-refractivity contribution in [3.8, 4) is 0 Å². The zero-order valence-electron chi connectivity index (χ0n) is 9.36. The predicted octanol–water partition coefficient (Wildman–Crippen LogP) is 2.25. The van der Waals surface area contributed by atoms with Crippen LogP contribution in [0.5, 0.6) is 0 Å². The molecule has 0 saturated carbocycles. The molecule has 1 N–H and O–H groups in total. The van der Waals surface area contributed by atoms with E-state index in [-0.39, 0.29) is 12.9 Å². The molecule has 1 aliphatic heterocycles. The van der Waals surface area contributed by atoms with Gasteiger partial charge >= 0.3 is 0 Å². The molecule has 0 unspecified atom stereocenters. The predicted molar refractivity (Wildman–Crippen MR) is 59.6 cm³/mol. The lowest BCUT2D eigenvalue weighted by atomic mass is 10.2. The summed E-state index contributed by atoms with van der Waals surface area (Å²) in [6.45, 7) is 1.86. The second-order valence-electron chi connectivity index (χ2n) is 3.79. The number of hydrogen-bond donors (Lipinski definition) is 1. The summed E-state index contributed by atoms with van der Waals surface area (Å²) in [5.41, 5.74) is 0. The number of ether oxygens (including phenoxy) is 2. The molecule has 0 bridgehead atoms. The molecule has 0 aromatic rings. The molecule has 0 spiro atoms. The Bertz CT molecular complexity index is 162. The topological polar surface area (TPSA) is 38.7 Å². The normalized spacial score (nSPS) is 22.3. The molecule has 0 aliphatic carbocycles. The molecule has 0 amide bonds. The third kappa shape index (κ3) is 6.66. The Hall–Kier alpha value is -0.380. The van der Waals surface area contributed by atoms with Crippen LogP contribution in [0.15, 0.2) is 12.2 Å². The SMILES string of the molecule is OCC/C=C/CCCO[C@H]1CCCCO1. The smallest absolute Gasteiger partial charge is 0.157 e. The van der Waals surface area contributed by atoms with Crippen LogP contribution in [0.25, 0.3) is 0 Å². The fraction of sp³-hybridized carbons (Fsp3) is 0.833. The van der Waals surface area contributed by atoms with Crippen LogP contribution >= 0.6 is 0 Å². The van der Waals surface area contributed by atoms with Gasteiger partial charge in [0.15, 0.2) is 6.29 Å². The summed E-state index contributed by atoms with van der Waals surface area (Å²) in [4.78, 5) is 0. The van der Waals surface area contributed by atoms with E-state index < -0.39 is 0 Å². The minimum atomic E-state index is 0.0418. The fourth-order valence-electron chi connectivity index (χ4n) is 1.57. The molecule has 0 radical (unpaired) electrons. The van der Waals surface area contributed by atoms with E-state index in [0.29, 0.717) is 0 Å². The van der Waals surface area contributed by atoms with E-state index in [9.17, 15) is 0 Å². The molecule has 3 nitrogen and oxygen atoms in total. The summed E-state index contributed by atoms with van der Waals surface area (Å²) in [5, 5.41) is 8.55. The lowest BCUT2D eigenvalue weighted by Crippen LogP contribution is -2.22. The molecular formula is C12H22O3. The molecule has 1 fully saturated rings. The van der Waals surface area contributed by atoms with Crippen molar-refractivity contribution in [1.82, 2.24) is 0 Å². The first kappa shape index (κ1) is 12.7. The van der Waals surface area contributed by atoms with E-state index in [1.54, 1.807) is 0 Å². The first-order chi connectivity index (χ1) is 7.43. The van der Waals surface area contributed by atoms with E-state index in [1.807, 2.05) is 6.08 Å². The molecular weight excluding hydrogens is 192 g/mol. The Morgan fingerprint density at radius 1 is 1.27 bits per heavy atom. The highest BCUT2D eigenvalue weighted by atomic mass is 16.7. The average molecular weight is 214 g/mol. The molecule has 1 rings (SSSR count). The van der Waals surface area contributed by atoms with Gasteiger partial charge in [0.05, 0.1) is 6.61 Å². The van der Waals surface area contributed by atoms with Gasteiger partial charge in [-0.3, -0.25) is 0 Å². The molecule has 0 aromatic carbocycles. The van der Waals surface area contributed by atoms with E-state index in [2.05, 4.69) is 6.08 Å². The number of allylic oxidation sites excluding steroid dienone is 1. The second kappa shape index (κ2) is 8.89. The van der Waals surface area contributed by atoms with Gasteiger partial charge in [-0.15, -0.1) is 0 Å². The van der Waals surface area contributed by atoms with Crippen molar-refractivity contribution in [2.75, 3.05) is 19.8 Å². The Balaban J connectivity index is 1.87. The minimum absolute atomic E-state index is 0.0418. The quantitative estimate of drug-likeness (QED) is 0.522. The van der Waals surface area contributed by atoms with Gasteiger partial charge in [0.1, 0.15) is 0 Å². The maximum atomic E-state index is 8.55. The Kier molecular flexibility index (Phi) is 7.52. The van der Waals surface area contributed by atoms with Gasteiger partial charge in [0.2, 0.25) is 0 Å². The number of unbranched alkanes of at least 4 members (excludes halogenated alkanes) is 1. The Morgan fingerprint density at radius 3 is 2.87 bits per heavy atom. The van der Waals surface area contributed by atoms with Gasteiger partial charge in [-0.1, -0.05) is 12.2 Å². The monoisotopic (exact) mass is 214 g/mol. The summed E-state index contributed by atoms with van der Waals surface area (Å²) < 4.78 is 11.0. The molecule has 1 aliphatic rings. The summed E-state index contributed by atoms with van der Waals surface area (Å²) in [7, 11) is 0. The largest absolute Gasteiger partial charge is 0.396 e. The van der Waals surface area contributed by atoms with Crippen LogP contribution in [-0.4, -0.2) is 31.2 Å². The fourth-order valence-corrected chi connectivity index (χ4v) is 1.57. The van der Waals surface area contributed by atoms with Crippen LogP contribution in [-0.2, 0) is 9.47 Å². The molecule has 15 heavy (non-hydrogen) atoms. The maximum Gasteiger partial charge on any atom is 0.157 e. The van der Waals surface area contributed by atoms with Crippen LogP contribution in [0.4, 0.5) is 0 Å². The third-order valence-electron chi connectivity index (χ3n) is 2.42. The van der Waals surface area contributed by atoms with Crippen LogP contribution in [0.3, 0.4) is 0 Å². The molecule has 1 atom stereocenters. The highest BCUT2D eigenvalue weighted by Gasteiger charge is 2.12. The molecule has 0 aromatic heterocycles. The Morgan fingerprint density at radius 2 is 2.13 bits per heavy atom. The van der Waals surface area contributed by atoms with Crippen molar-refractivity contribution in [1.29, 1.82) is 0 Å². The van der Waals surface area contributed by atoms with Crippen LogP contribution in [0, 0.1) is 0 Å². The van der Waals surface area contributed by atoms with Gasteiger partial charge in [0.25, 0.3) is 0 Å².